The van der Waals surface area contributed by atoms with Crippen LogP contribution in [0, 0.1) is 53.7 Å². The molecular formula is C14H32NdSi-. The summed E-state index contributed by atoms with van der Waals surface area (Å²) in [5.74, 6) is 0.836. The summed E-state index contributed by atoms with van der Waals surface area (Å²) in [5, 5.41) is 0. The fourth-order valence-corrected chi connectivity index (χ4v) is 3.50. The van der Waals surface area contributed by atoms with Crippen molar-refractivity contribution in [3.05, 3.63) is 6.92 Å². The van der Waals surface area contributed by atoms with Gasteiger partial charge in [-0.1, -0.05) is 72.0 Å². The maximum Gasteiger partial charge on any atom is 0.0473 e. The zero-order valence-corrected chi connectivity index (χ0v) is 16.4. The van der Waals surface area contributed by atoms with Gasteiger partial charge in [0, 0.05) is 49.6 Å². The van der Waals surface area contributed by atoms with Crippen LogP contribution in [0.4, 0.5) is 0 Å². The van der Waals surface area contributed by atoms with Crippen LogP contribution in [0.2, 0.25) is 18.1 Å². The molecule has 0 saturated heterocycles. The van der Waals surface area contributed by atoms with Crippen molar-refractivity contribution in [1.82, 2.24) is 0 Å². The monoisotopic (exact) mass is 370 g/mol. The first-order valence-corrected chi connectivity index (χ1v) is 8.87. The van der Waals surface area contributed by atoms with Crippen LogP contribution in [0.1, 0.15) is 60.3 Å². The van der Waals surface area contributed by atoms with Crippen molar-refractivity contribution in [3.8, 4) is 0 Å². The van der Waals surface area contributed by atoms with Gasteiger partial charge in [0.25, 0.3) is 0 Å². The summed E-state index contributed by atoms with van der Waals surface area (Å²) in [5.41, 5.74) is 0. The van der Waals surface area contributed by atoms with E-state index in [2.05, 4.69) is 41.5 Å². The van der Waals surface area contributed by atoms with Crippen LogP contribution < -0.4 is 0 Å². The average molecular weight is 373 g/mol. The Balaban J connectivity index is -0.000000214. The Morgan fingerprint density at radius 1 is 1.06 bits per heavy atom. The van der Waals surface area contributed by atoms with E-state index in [1.165, 1.54) is 31.4 Å². The normalized spacial score (nSPS) is 9.75. The van der Waals surface area contributed by atoms with E-state index in [1.807, 2.05) is 0 Å². The molecule has 0 aliphatic carbocycles. The third kappa shape index (κ3) is 20.9. The molecule has 0 aliphatic heterocycles. The van der Waals surface area contributed by atoms with E-state index in [4.69, 9.17) is 0 Å². The Bertz CT molecular complexity index is 101. The number of unbranched alkanes of at least 4 members (excludes halogenated alkanes) is 1. The second-order valence-electron chi connectivity index (χ2n) is 4.60. The maximum atomic E-state index is 3.73. The van der Waals surface area contributed by atoms with Crippen molar-refractivity contribution >= 4 is 8.80 Å². The van der Waals surface area contributed by atoms with E-state index in [-0.39, 0.29) is 49.6 Å². The van der Waals surface area contributed by atoms with E-state index in [0.717, 1.165) is 12.3 Å². The van der Waals surface area contributed by atoms with E-state index < -0.39 is 0 Å². The van der Waals surface area contributed by atoms with E-state index >= 15 is 0 Å². The van der Waals surface area contributed by atoms with Crippen molar-refractivity contribution in [2.75, 3.05) is 0 Å². The van der Waals surface area contributed by atoms with Gasteiger partial charge < -0.3 is 6.92 Å². The predicted molar refractivity (Wildman–Crippen MR) is 75.9 cm³/mol. The van der Waals surface area contributed by atoms with Crippen molar-refractivity contribution in [2.45, 2.75) is 78.4 Å². The molecule has 0 bridgehead atoms. The molecule has 0 aromatic rings. The summed E-state index contributed by atoms with van der Waals surface area (Å²) in [7, 11) is 0.114. The minimum Gasteiger partial charge on any atom is -0.343 e. The van der Waals surface area contributed by atoms with E-state index in [0.29, 0.717) is 0 Å². The molecule has 0 aliphatic rings. The van der Waals surface area contributed by atoms with Crippen LogP contribution in [0.3, 0.4) is 0 Å². The summed E-state index contributed by atoms with van der Waals surface area (Å²) in [4.78, 5) is 0. The zero-order valence-electron chi connectivity index (χ0n) is 12.2. The molecule has 0 fully saturated rings. The standard InChI is InChI=1S/C8H19Si.C6H13.Nd/c1-4-7-8-9(5-2)6-3;1-4-5-6(2)3;/h4-8H2,1-3H3;6H,1,4-5H2,2-3H3;/q;-1;. The van der Waals surface area contributed by atoms with Gasteiger partial charge in [-0.05, 0) is 5.92 Å². The second-order valence-corrected chi connectivity index (χ2v) is 8.01. The second kappa shape index (κ2) is 18.9. The number of rotatable bonds is 7. The molecule has 0 aromatic carbocycles. The van der Waals surface area contributed by atoms with Crippen LogP contribution in [0.5, 0.6) is 0 Å². The summed E-state index contributed by atoms with van der Waals surface area (Å²) in [6.07, 6.45) is 5.20. The molecule has 2 heteroatoms. The third-order valence-corrected chi connectivity index (χ3v) is 5.73. The smallest absolute Gasteiger partial charge is 0.0473 e. The fraction of sp³-hybridized carbons (Fsp3) is 0.929. The first-order chi connectivity index (χ1) is 7.12. The Morgan fingerprint density at radius 2 is 1.56 bits per heavy atom. The average Bonchev–Trinajstić information content (AvgIpc) is 2.20. The molecule has 16 heavy (non-hydrogen) atoms. The van der Waals surface area contributed by atoms with Crippen LogP contribution in [0.25, 0.3) is 0 Å². The van der Waals surface area contributed by atoms with Crippen LogP contribution in [-0.2, 0) is 0 Å². The first-order valence-electron chi connectivity index (χ1n) is 6.74. The van der Waals surface area contributed by atoms with Gasteiger partial charge in [-0.25, -0.2) is 0 Å². The van der Waals surface area contributed by atoms with Crippen molar-refractivity contribution < 1.29 is 40.8 Å². The number of hydrogen-bond donors (Lipinski definition) is 0. The molecule has 0 nitrogen and oxygen atoms in total. The topological polar surface area (TPSA) is 0 Å². The van der Waals surface area contributed by atoms with Gasteiger partial charge in [-0.2, -0.15) is 6.42 Å². The van der Waals surface area contributed by atoms with Crippen LogP contribution >= 0.6 is 0 Å². The number of hydrogen-bond acceptors (Lipinski definition) is 0. The van der Waals surface area contributed by atoms with Crippen molar-refractivity contribution in [3.63, 3.8) is 0 Å². The predicted octanol–water partition coefficient (Wildman–Crippen LogP) is 5.58. The minimum atomic E-state index is 0. The Hall–Kier alpha value is 1.57. The van der Waals surface area contributed by atoms with E-state index in [9.17, 15) is 0 Å². The summed E-state index contributed by atoms with van der Waals surface area (Å²) >= 11 is 0. The molecule has 0 N–H and O–H groups in total. The molecule has 0 rings (SSSR count). The molecule has 97 valence electrons. The Kier molecular flexibility index (Phi) is 26.9. The van der Waals surface area contributed by atoms with Gasteiger partial charge in [0.15, 0.2) is 0 Å². The van der Waals surface area contributed by atoms with Crippen LogP contribution in [-0.4, -0.2) is 8.80 Å². The summed E-state index contributed by atoms with van der Waals surface area (Å²) in [6, 6.07) is 4.50. The molecule has 0 heterocycles. The first kappa shape index (κ1) is 22.7. The van der Waals surface area contributed by atoms with Crippen molar-refractivity contribution in [2.24, 2.45) is 5.92 Å². The third-order valence-electron chi connectivity index (χ3n) is 2.67. The van der Waals surface area contributed by atoms with Gasteiger partial charge >= 0.3 is 0 Å². The largest absolute Gasteiger partial charge is 0.343 e. The molecule has 0 spiro atoms. The summed E-state index contributed by atoms with van der Waals surface area (Å²) in [6.45, 7) is 15.1. The van der Waals surface area contributed by atoms with Crippen LogP contribution in [0.15, 0.2) is 0 Å². The molecular weight excluding hydrogens is 340 g/mol. The molecule has 0 aromatic heterocycles. The molecule has 0 atom stereocenters. The van der Waals surface area contributed by atoms with Gasteiger partial charge in [-0.15, -0.1) is 0 Å². The SMILES string of the molecule is CCCC[Si](CC)CC.[CH2-]CCC(C)C.[Nd]. The molecule has 0 unspecified atom stereocenters. The maximum absolute atomic E-state index is 3.73. The Morgan fingerprint density at radius 3 is 1.75 bits per heavy atom. The van der Waals surface area contributed by atoms with Gasteiger partial charge in [0.1, 0.15) is 0 Å². The fourth-order valence-electron chi connectivity index (χ4n) is 1.44. The van der Waals surface area contributed by atoms with Gasteiger partial charge in [-0.3, -0.25) is 0 Å². The minimum absolute atomic E-state index is 0. The molecule has 1 radical (unpaired) electrons. The van der Waals surface area contributed by atoms with Gasteiger partial charge in [0.05, 0.1) is 0 Å². The molecule has 0 saturated carbocycles. The van der Waals surface area contributed by atoms with E-state index in [1.54, 1.807) is 6.04 Å². The van der Waals surface area contributed by atoms with Crippen molar-refractivity contribution in [1.29, 1.82) is 0 Å². The van der Waals surface area contributed by atoms with Gasteiger partial charge in [0.2, 0.25) is 0 Å². The molecule has 0 amide bonds. The quantitative estimate of drug-likeness (QED) is 0.404. The Labute approximate surface area is 139 Å². The zero-order chi connectivity index (χ0) is 12.1. The summed E-state index contributed by atoms with van der Waals surface area (Å²) < 4.78 is 0.